The molecule has 4 rings (SSSR count). The van der Waals surface area contributed by atoms with Crippen LogP contribution in [0.4, 0.5) is 31.1 Å². The standard InChI is InChI=1S/C30H36F6N2O3/c1-5-21-16-20(17-37-14-12-27(13-15-37)18-38(19-27)25(39)41-26(2,3)4)6-11-24(21)22-7-9-23(10-8-22)28(40,29(31,32)33)30(34,35)36/h6-11,16,40H,5,12-15,17-19H2,1-4H3. The van der Waals surface area contributed by atoms with Gasteiger partial charge < -0.3 is 14.7 Å². The second kappa shape index (κ2) is 10.8. The Bertz CT molecular complexity index is 1220. The first-order valence-electron chi connectivity index (χ1n) is 13.7. The van der Waals surface area contributed by atoms with E-state index in [1.165, 1.54) is 12.1 Å². The number of rotatable bonds is 5. The normalized spacial score (nSPS) is 18.4. The van der Waals surface area contributed by atoms with Crippen molar-refractivity contribution in [3.63, 3.8) is 0 Å². The average Bonchev–Trinajstić information content (AvgIpc) is 2.85. The van der Waals surface area contributed by atoms with Crippen LogP contribution in [0, 0.1) is 5.41 Å². The second-order valence-corrected chi connectivity index (χ2v) is 12.2. The molecule has 0 saturated carbocycles. The third kappa shape index (κ3) is 6.35. The highest BCUT2D eigenvalue weighted by Crippen LogP contribution is 2.50. The molecule has 1 N–H and O–H groups in total. The largest absolute Gasteiger partial charge is 0.444 e. The number of hydrogen-bond acceptors (Lipinski definition) is 4. The molecule has 226 valence electrons. The molecule has 2 fully saturated rings. The van der Waals surface area contributed by atoms with Gasteiger partial charge in [0.2, 0.25) is 0 Å². The maximum Gasteiger partial charge on any atom is 0.430 e. The van der Waals surface area contributed by atoms with Crippen LogP contribution in [0.2, 0.25) is 0 Å². The molecule has 2 heterocycles. The minimum atomic E-state index is -5.92. The van der Waals surface area contributed by atoms with Gasteiger partial charge in [0.25, 0.3) is 5.60 Å². The van der Waals surface area contributed by atoms with E-state index in [4.69, 9.17) is 4.74 Å². The number of benzene rings is 2. The van der Waals surface area contributed by atoms with E-state index in [0.717, 1.165) is 37.1 Å². The Morgan fingerprint density at radius 2 is 1.49 bits per heavy atom. The van der Waals surface area contributed by atoms with Crippen LogP contribution in [0.5, 0.6) is 0 Å². The summed E-state index contributed by atoms with van der Waals surface area (Å²) < 4.78 is 84.9. The van der Waals surface area contributed by atoms with Gasteiger partial charge >= 0.3 is 18.4 Å². The van der Waals surface area contributed by atoms with Gasteiger partial charge in [-0.15, -0.1) is 0 Å². The van der Waals surface area contributed by atoms with Crippen LogP contribution in [0.3, 0.4) is 0 Å². The van der Waals surface area contributed by atoms with E-state index < -0.39 is 29.1 Å². The first-order valence-corrected chi connectivity index (χ1v) is 13.7. The monoisotopic (exact) mass is 586 g/mol. The quantitative estimate of drug-likeness (QED) is 0.381. The van der Waals surface area contributed by atoms with Crippen LogP contribution < -0.4 is 0 Å². The van der Waals surface area contributed by atoms with Crippen LogP contribution in [-0.4, -0.2) is 65.1 Å². The van der Waals surface area contributed by atoms with Gasteiger partial charge in [-0.1, -0.05) is 49.4 Å². The molecule has 2 aliphatic heterocycles. The van der Waals surface area contributed by atoms with Gasteiger partial charge in [0, 0.05) is 30.6 Å². The molecule has 5 nitrogen and oxygen atoms in total. The Morgan fingerprint density at radius 1 is 0.927 bits per heavy atom. The highest BCUT2D eigenvalue weighted by Gasteiger charge is 2.71. The molecule has 0 bridgehead atoms. The Morgan fingerprint density at radius 3 is 1.98 bits per heavy atom. The van der Waals surface area contributed by atoms with Crippen molar-refractivity contribution in [2.45, 2.75) is 77.1 Å². The summed E-state index contributed by atoms with van der Waals surface area (Å²) in [6.45, 7) is 11.4. The zero-order valence-electron chi connectivity index (χ0n) is 23.6. The lowest BCUT2D eigenvalue weighted by atomic mass is 9.72. The fourth-order valence-electron chi connectivity index (χ4n) is 5.68. The lowest BCUT2D eigenvalue weighted by Crippen LogP contribution is -2.62. The number of carbonyl (C=O) groups is 1. The molecule has 2 aromatic carbocycles. The summed E-state index contributed by atoms with van der Waals surface area (Å²) >= 11 is 0. The molecule has 0 radical (unpaired) electrons. The van der Waals surface area contributed by atoms with Crippen LogP contribution in [0.1, 0.15) is 57.2 Å². The SMILES string of the molecule is CCc1cc(CN2CCC3(CC2)CN(C(=O)OC(C)(C)C)C3)ccc1-c1ccc(C(O)(C(F)(F)F)C(F)(F)F)cc1. The van der Waals surface area contributed by atoms with Gasteiger partial charge in [-0.05, 0) is 75.4 Å². The van der Waals surface area contributed by atoms with Crippen molar-refractivity contribution < 1.29 is 41.0 Å². The van der Waals surface area contributed by atoms with Gasteiger partial charge in [0.1, 0.15) is 5.60 Å². The molecule has 2 aliphatic rings. The maximum absolute atomic E-state index is 13.2. The molecule has 0 aliphatic carbocycles. The molecular formula is C30H36F6N2O3. The summed E-state index contributed by atoms with van der Waals surface area (Å²) in [7, 11) is 0. The third-order valence-corrected chi connectivity index (χ3v) is 8.01. The zero-order chi connectivity index (χ0) is 30.4. The summed E-state index contributed by atoms with van der Waals surface area (Å²) in [5, 5.41) is 9.66. The van der Waals surface area contributed by atoms with Crippen LogP contribution in [-0.2, 0) is 23.3 Å². The van der Waals surface area contributed by atoms with Crippen molar-refractivity contribution in [1.29, 1.82) is 0 Å². The summed E-state index contributed by atoms with van der Waals surface area (Å²) in [4.78, 5) is 16.4. The minimum absolute atomic E-state index is 0.127. The van der Waals surface area contributed by atoms with E-state index in [-0.39, 0.29) is 11.5 Å². The van der Waals surface area contributed by atoms with Crippen molar-refractivity contribution in [2.24, 2.45) is 5.41 Å². The van der Waals surface area contributed by atoms with Crippen molar-refractivity contribution in [2.75, 3.05) is 26.2 Å². The van der Waals surface area contributed by atoms with E-state index in [2.05, 4.69) is 4.90 Å². The number of halogens is 6. The van der Waals surface area contributed by atoms with Crippen molar-refractivity contribution in [3.05, 3.63) is 59.2 Å². The predicted molar refractivity (Wildman–Crippen MR) is 142 cm³/mol. The fraction of sp³-hybridized carbons (Fsp3) is 0.567. The molecule has 2 aromatic rings. The number of likely N-dealkylation sites (tertiary alicyclic amines) is 2. The smallest absolute Gasteiger partial charge is 0.430 e. The number of carbonyl (C=O) groups excluding carboxylic acids is 1. The number of amides is 1. The number of ether oxygens (including phenoxy) is 1. The Kier molecular flexibility index (Phi) is 8.21. The van der Waals surface area contributed by atoms with Gasteiger partial charge in [-0.3, -0.25) is 4.90 Å². The van der Waals surface area contributed by atoms with Crippen molar-refractivity contribution >= 4 is 6.09 Å². The van der Waals surface area contributed by atoms with Gasteiger partial charge in [0.15, 0.2) is 0 Å². The second-order valence-electron chi connectivity index (χ2n) is 12.2. The number of nitrogens with zero attached hydrogens (tertiary/aromatic N) is 2. The first kappa shape index (κ1) is 31.2. The van der Waals surface area contributed by atoms with E-state index in [1.54, 1.807) is 4.90 Å². The Hall–Kier alpha value is -2.79. The highest BCUT2D eigenvalue weighted by atomic mass is 19.4. The zero-order valence-corrected chi connectivity index (χ0v) is 23.6. The van der Waals surface area contributed by atoms with E-state index in [0.29, 0.717) is 49.3 Å². The average molecular weight is 587 g/mol. The molecule has 1 amide bonds. The van der Waals surface area contributed by atoms with Crippen molar-refractivity contribution in [1.82, 2.24) is 9.80 Å². The topological polar surface area (TPSA) is 53.0 Å². The minimum Gasteiger partial charge on any atom is -0.444 e. The first-order chi connectivity index (χ1) is 18.9. The van der Waals surface area contributed by atoms with Gasteiger partial charge in [0.05, 0.1) is 0 Å². The van der Waals surface area contributed by atoms with Crippen molar-refractivity contribution in [3.8, 4) is 11.1 Å². The number of aliphatic hydroxyl groups is 1. The molecular weight excluding hydrogens is 550 g/mol. The molecule has 0 atom stereocenters. The van der Waals surface area contributed by atoms with E-state index in [1.807, 2.05) is 45.9 Å². The van der Waals surface area contributed by atoms with Gasteiger partial charge in [-0.25, -0.2) is 4.79 Å². The summed E-state index contributed by atoms with van der Waals surface area (Å²) in [6, 6.07) is 9.48. The lowest BCUT2D eigenvalue weighted by molar-refractivity contribution is -0.376. The van der Waals surface area contributed by atoms with Crippen LogP contribution >= 0.6 is 0 Å². The Balaban J connectivity index is 1.40. The van der Waals surface area contributed by atoms with Crippen LogP contribution in [0.15, 0.2) is 42.5 Å². The molecule has 0 unspecified atom stereocenters. The summed E-state index contributed by atoms with van der Waals surface area (Å²) in [5.41, 5.74) is -3.48. The van der Waals surface area contributed by atoms with Crippen LogP contribution in [0.25, 0.3) is 11.1 Å². The number of hydrogen-bond donors (Lipinski definition) is 1. The summed E-state index contributed by atoms with van der Waals surface area (Å²) in [5.74, 6) is 0. The Labute approximate surface area is 236 Å². The predicted octanol–water partition coefficient (Wildman–Crippen LogP) is 7.06. The molecule has 2 saturated heterocycles. The number of piperidine rings is 1. The molecule has 11 heteroatoms. The molecule has 0 aromatic heterocycles. The van der Waals surface area contributed by atoms with E-state index in [9.17, 15) is 36.2 Å². The fourth-order valence-corrected chi connectivity index (χ4v) is 5.68. The highest BCUT2D eigenvalue weighted by molar-refractivity contribution is 5.70. The number of alkyl halides is 6. The molecule has 1 spiro atoms. The summed E-state index contributed by atoms with van der Waals surface area (Å²) in [6.07, 6.45) is -9.56. The lowest BCUT2D eigenvalue weighted by Gasteiger charge is -2.53. The third-order valence-electron chi connectivity index (χ3n) is 8.01. The number of aryl methyl sites for hydroxylation is 1. The van der Waals surface area contributed by atoms with E-state index >= 15 is 0 Å². The van der Waals surface area contributed by atoms with Gasteiger partial charge in [-0.2, -0.15) is 26.3 Å². The maximum atomic E-state index is 13.2. The molecule has 41 heavy (non-hydrogen) atoms.